The minimum Gasteiger partial charge on any atom is -0.444 e. The molecule has 0 aromatic heterocycles. The molecule has 2 aliphatic heterocycles. The number of likely N-dealkylation sites (tertiary alicyclic amines) is 1. The van der Waals surface area contributed by atoms with Gasteiger partial charge in [0.15, 0.2) is 0 Å². The molecule has 126 valence electrons. The molecule has 22 heavy (non-hydrogen) atoms. The van der Waals surface area contributed by atoms with Gasteiger partial charge in [0.05, 0.1) is 5.54 Å². The molecule has 3 rings (SSSR count). The summed E-state index contributed by atoms with van der Waals surface area (Å²) in [6, 6.07) is 0.0470. The average Bonchev–Trinajstić information content (AvgIpc) is 2.38. The summed E-state index contributed by atoms with van der Waals surface area (Å²) in [5, 5.41) is 14.7. The maximum Gasteiger partial charge on any atom is 0.410 e. The number of piperidine rings is 1. The fraction of sp³-hybridized carbons (Fsp3) is 0.938. The summed E-state index contributed by atoms with van der Waals surface area (Å²) in [4.78, 5) is 13.7. The summed E-state index contributed by atoms with van der Waals surface area (Å²) in [6.45, 7) is 7.22. The Morgan fingerprint density at radius 3 is 2.68 bits per heavy atom. The Balaban J connectivity index is 1.65. The molecule has 6 nitrogen and oxygen atoms in total. The SMILES string of the molecule is CC(C)(C)OC(=O)N1CC(N)(C2(O)CCC3CCNC2C3)C1. The van der Waals surface area contributed by atoms with E-state index >= 15 is 0 Å². The summed E-state index contributed by atoms with van der Waals surface area (Å²) in [5.41, 5.74) is 4.33. The summed E-state index contributed by atoms with van der Waals surface area (Å²) in [7, 11) is 0. The van der Waals surface area contributed by atoms with Crippen molar-refractivity contribution in [3.8, 4) is 0 Å². The molecule has 6 heteroatoms. The van der Waals surface area contributed by atoms with Crippen LogP contribution in [0.4, 0.5) is 4.79 Å². The molecular formula is C16H29N3O3. The first-order chi connectivity index (χ1) is 10.1. The number of nitrogens with two attached hydrogens (primary N) is 1. The van der Waals surface area contributed by atoms with Crippen LogP contribution >= 0.6 is 0 Å². The zero-order valence-electron chi connectivity index (χ0n) is 13.9. The van der Waals surface area contributed by atoms with Crippen molar-refractivity contribution in [2.45, 2.75) is 69.2 Å². The van der Waals surface area contributed by atoms with E-state index in [4.69, 9.17) is 10.5 Å². The quantitative estimate of drug-likeness (QED) is 0.667. The molecule has 3 fully saturated rings. The first kappa shape index (κ1) is 16.0. The van der Waals surface area contributed by atoms with E-state index in [1.54, 1.807) is 4.90 Å². The highest BCUT2D eigenvalue weighted by Crippen LogP contribution is 2.44. The van der Waals surface area contributed by atoms with Crippen molar-refractivity contribution in [3.05, 3.63) is 0 Å². The van der Waals surface area contributed by atoms with Crippen molar-refractivity contribution >= 4 is 6.09 Å². The highest BCUT2D eigenvalue weighted by molar-refractivity contribution is 5.70. The Bertz CT molecular complexity index is 456. The smallest absolute Gasteiger partial charge is 0.410 e. The maximum atomic E-state index is 12.1. The third kappa shape index (κ3) is 2.61. The van der Waals surface area contributed by atoms with Gasteiger partial charge < -0.3 is 25.8 Å². The number of fused-ring (bicyclic) bond motifs is 2. The lowest BCUT2D eigenvalue weighted by Crippen LogP contribution is -2.83. The van der Waals surface area contributed by atoms with Crippen LogP contribution in [-0.2, 0) is 4.74 Å². The number of carbonyl (C=O) groups excluding carboxylic acids is 1. The van der Waals surface area contributed by atoms with E-state index < -0.39 is 16.7 Å². The first-order valence-electron chi connectivity index (χ1n) is 8.36. The number of nitrogens with one attached hydrogen (secondary N) is 1. The van der Waals surface area contributed by atoms with Gasteiger partial charge in [-0.15, -0.1) is 0 Å². The van der Waals surface area contributed by atoms with Crippen molar-refractivity contribution in [2.24, 2.45) is 11.7 Å². The van der Waals surface area contributed by atoms with E-state index in [0.29, 0.717) is 25.4 Å². The summed E-state index contributed by atoms with van der Waals surface area (Å²) < 4.78 is 5.37. The van der Waals surface area contributed by atoms with Crippen LogP contribution in [0.5, 0.6) is 0 Å². The van der Waals surface area contributed by atoms with Crippen LogP contribution in [0.25, 0.3) is 0 Å². The minimum absolute atomic E-state index is 0.0470. The molecule has 2 heterocycles. The second-order valence-electron chi connectivity index (χ2n) is 8.35. The summed E-state index contributed by atoms with van der Waals surface area (Å²) in [6.07, 6.45) is 3.58. The van der Waals surface area contributed by atoms with E-state index in [0.717, 1.165) is 19.4 Å². The van der Waals surface area contributed by atoms with E-state index in [1.165, 1.54) is 6.42 Å². The van der Waals surface area contributed by atoms with Gasteiger partial charge in [-0.25, -0.2) is 4.79 Å². The lowest BCUT2D eigenvalue weighted by molar-refractivity contribution is -0.150. The number of aliphatic hydroxyl groups is 1. The molecule has 3 atom stereocenters. The van der Waals surface area contributed by atoms with Crippen molar-refractivity contribution in [1.29, 1.82) is 0 Å². The van der Waals surface area contributed by atoms with Gasteiger partial charge in [-0.3, -0.25) is 0 Å². The zero-order chi connectivity index (χ0) is 16.2. The van der Waals surface area contributed by atoms with Gasteiger partial charge >= 0.3 is 6.09 Å². The van der Waals surface area contributed by atoms with Crippen LogP contribution in [0.15, 0.2) is 0 Å². The van der Waals surface area contributed by atoms with Gasteiger partial charge in [0.2, 0.25) is 0 Å². The Morgan fingerprint density at radius 1 is 1.36 bits per heavy atom. The van der Waals surface area contributed by atoms with Crippen molar-refractivity contribution < 1.29 is 14.6 Å². The summed E-state index contributed by atoms with van der Waals surface area (Å²) >= 11 is 0. The Hall–Kier alpha value is -0.850. The molecule has 0 aromatic carbocycles. The summed E-state index contributed by atoms with van der Waals surface area (Å²) in [5.74, 6) is 0.706. The van der Waals surface area contributed by atoms with Crippen LogP contribution < -0.4 is 11.1 Å². The van der Waals surface area contributed by atoms with Crippen LogP contribution in [0.2, 0.25) is 0 Å². The van der Waals surface area contributed by atoms with E-state index in [9.17, 15) is 9.90 Å². The lowest BCUT2D eigenvalue weighted by atomic mass is 9.61. The van der Waals surface area contributed by atoms with Gasteiger partial charge in [0.1, 0.15) is 11.2 Å². The largest absolute Gasteiger partial charge is 0.444 e. The fourth-order valence-electron chi connectivity index (χ4n) is 4.18. The number of nitrogens with zero attached hydrogens (tertiary/aromatic N) is 1. The predicted octanol–water partition coefficient (Wildman–Crippen LogP) is 0.828. The molecule has 2 saturated heterocycles. The van der Waals surface area contributed by atoms with Gasteiger partial charge in [0.25, 0.3) is 0 Å². The Morgan fingerprint density at radius 2 is 2.05 bits per heavy atom. The molecular weight excluding hydrogens is 282 g/mol. The zero-order valence-corrected chi connectivity index (χ0v) is 13.9. The Kier molecular flexibility index (Phi) is 3.70. The number of hydrogen-bond donors (Lipinski definition) is 3. The molecule has 0 spiro atoms. The van der Waals surface area contributed by atoms with Crippen molar-refractivity contribution in [1.82, 2.24) is 10.2 Å². The van der Waals surface area contributed by atoms with Gasteiger partial charge in [-0.1, -0.05) is 0 Å². The Labute approximate surface area is 132 Å². The van der Waals surface area contributed by atoms with Crippen LogP contribution in [0.1, 0.15) is 46.5 Å². The first-order valence-corrected chi connectivity index (χ1v) is 8.36. The van der Waals surface area contributed by atoms with Crippen LogP contribution in [0.3, 0.4) is 0 Å². The highest BCUT2D eigenvalue weighted by atomic mass is 16.6. The number of ether oxygens (including phenoxy) is 1. The van der Waals surface area contributed by atoms with E-state index in [-0.39, 0.29) is 12.1 Å². The molecule has 0 aromatic rings. The van der Waals surface area contributed by atoms with Gasteiger partial charge in [0, 0.05) is 19.1 Å². The van der Waals surface area contributed by atoms with E-state index in [1.807, 2.05) is 20.8 Å². The normalized spacial score (nSPS) is 37.4. The van der Waals surface area contributed by atoms with Crippen LogP contribution in [-0.4, -0.2) is 58.5 Å². The van der Waals surface area contributed by atoms with E-state index in [2.05, 4.69) is 5.32 Å². The molecule has 3 unspecified atom stereocenters. The maximum absolute atomic E-state index is 12.1. The number of amides is 1. The number of rotatable bonds is 1. The molecule has 1 saturated carbocycles. The lowest BCUT2D eigenvalue weighted by Gasteiger charge is -2.61. The molecule has 2 bridgehead atoms. The number of carbonyl (C=O) groups is 1. The second kappa shape index (κ2) is 5.08. The molecule has 1 amide bonds. The molecule has 3 aliphatic rings. The third-order valence-corrected chi connectivity index (χ3v) is 5.48. The van der Waals surface area contributed by atoms with Crippen LogP contribution in [0, 0.1) is 5.92 Å². The van der Waals surface area contributed by atoms with Crippen molar-refractivity contribution in [2.75, 3.05) is 19.6 Å². The topological polar surface area (TPSA) is 87.8 Å². The van der Waals surface area contributed by atoms with Crippen molar-refractivity contribution in [3.63, 3.8) is 0 Å². The van der Waals surface area contributed by atoms with Gasteiger partial charge in [-0.2, -0.15) is 0 Å². The standard InChI is InChI=1S/C16H29N3O3/c1-14(2,3)22-13(20)19-9-15(17,10-19)16(21)6-4-11-5-7-18-12(16)8-11/h11-12,18,21H,4-10,17H2,1-3H3. The number of hydrogen-bond acceptors (Lipinski definition) is 5. The third-order valence-electron chi connectivity index (χ3n) is 5.48. The average molecular weight is 311 g/mol. The predicted molar refractivity (Wildman–Crippen MR) is 83.4 cm³/mol. The fourth-order valence-corrected chi connectivity index (χ4v) is 4.18. The highest BCUT2D eigenvalue weighted by Gasteiger charge is 2.61. The monoisotopic (exact) mass is 311 g/mol. The second-order valence-corrected chi connectivity index (χ2v) is 8.35. The molecule has 0 radical (unpaired) electrons. The van der Waals surface area contributed by atoms with Gasteiger partial charge in [-0.05, 0) is 58.9 Å². The minimum atomic E-state index is -0.928. The molecule has 1 aliphatic carbocycles. The molecule has 4 N–H and O–H groups in total.